The number of piperazine rings is 1. The van der Waals surface area contributed by atoms with Gasteiger partial charge in [0.15, 0.2) is 0 Å². The first-order chi connectivity index (χ1) is 17.5. The smallest absolute Gasteiger partial charge is 0.293 e. The third-order valence-corrected chi connectivity index (χ3v) is 5.96. The van der Waals surface area contributed by atoms with E-state index in [4.69, 9.17) is 9.72 Å². The first-order valence-corrected chi connectivity index (χ1v) is 11.8. The highest BCUT2D eigenvalue weighted by Crippen LogP contribution is 2.25. The first-order valence-electron chi connectivity index (χ1n) is 11.8. The number of imidazole rings is 1. The van der Waals surface area contributed by atoms with E-state index in [2.05, 4.69) is 38.5 Å². The van der Waals surface area contributed by atoms with Crippen molar-refractivity contribution in [2.24, 2.45) is 0 Å². The second kappa shape index (κ2) is 10.9. The Morgan fingerprint density at radius 3 is 2.75 bits per heavy atom. The van der Waals surface area contributed by atoms with E-state index in [1.54, 1.807) is 19.2 Å². The van der Waals surface area contributed by atoms with Gasteiger partial charge < -0.3 is 20.3 Å². The molecule has 2 aromatic heterocycles. The van der Waals surface area contributed by atoms with Crippen LogP contribution in [0.2, 0.25) is 0 Å². The third kappa shape index (κ3) is 4.74. The standard InChI is InChI=1S/C25H28N8O3/c1-4-6-9-32-22-20(30-25(32)31-10-7-28-8-11-31)15-29-33(24(22)35)16-18-13-21(36-5-2)19(23(34)27-3)12-17(18)14-26/h12-13,15,28H,5,7-11,16H2,1-3H3,(H,27,34). The van der Waals surface area contributed by atoms with Crippen LogP contribution in [-0.2, 0) is 13.1 Å². The molecule has 1 aromatic carbocycles. The lowest BCUT2D eigenvalue weighted by Crippen LogP contribution is -2.44. The Balaban J connectivity index is 1.81. The van der Waals surface area contributed by atoms with E-state index < -0.39 is 0 Å². The monoisotopic (exact) mass is 488 g/mol. The fourth-order valence-corrected chi connectivity index (χ4v) is 4.21. The second-order valence-corrected chi connectivity index (χ2v) is 8.13. The minimum Gasteiger partial charge on any atom is -0.493 e. The summed E-state index contributed by atoms with van der Waals surface area (Å²) in [6.07, 6.45) is 1.56. The van der Waals surface area contributed by atoms with Gasteiger partial charge in [-0.2, -0.15) is 10.4 Å². The molecule has 1 fully saturated rings. The number of fused-ring (bicyclic) bond motifs is 1. The van der Waals surface area contributed by atoms with Crippen molar-refractivity contribution in [3.8, 4) is 23.7 Å². The van der Waals surface area contributed by atoms with Crippen LogP contribution < -0.4 is 25.8 Å². The van der Waals surface area contributed by atoms with Crippen LogP contribution in [0.3, 0.4) is 0 Å². The van der Waals surface area contributed by atoms with Gasteiger partial charge in [-0.25, -0.2) is 9.67 Å². The molecule has 1 aliphatic rings. The van der Waals surface area contributed by atoms with Gasteiger partial charge >= 0.3 is 0 Å². The van der Waals surface area contributed by atoms with Crippen molar-refractivity contribution >= 4 is 22.9 Å². The van der Waals surface area contributed by atoms with E-state index in [0.29, 0.717) is 41.4 Å². The number of benzene rings is 1. The summed E-state index contributed by atoms with van der Waals surface area (Å²) in [5.74, 6) is 6.60. The molecule has 0 saturated carbocycles. The Morgan fingerprint density at radius 2 is 2.08 bits per heavy atom. The second-order valence-electron chi connectivity index (χ2n) is 8.13. The van der Waals surface area contributed by atoms with Crippen molar-refractivity contribution in [1.29, 1.82) is 5.26 Å². The Labute approximate surface area is 208 Å². The summed E-state index contributed by atoms with van der Waals surface area (Å²) in [5, 5.41) is 20.0. The molecule has 3 aromatic rings. The molecule has 11 heteroatoms. The van der Waals surface area contributed by atoms with Crippen molar-refractivity contribution < 1.29 is 9.53 Å². The number of rotatable bonds is 7. The van der Waals surface area contributed by atoms with Crippen molar-refractivity contribution in [2.45, 2.75) is 26.9 Å². The minimum atomic E-state index is -0.361. The molecular weight excluding hydrogens is 460 g/mol. The topological polar surface area (TPSA) is 130 Å². The average Bonchev–Trinajstić information content (AvgIpc) is 3.28. The number of aromatic nitrogens is 4. The molecule has 36 heavy (non-hydrogen) atoms. The number of amides is 1. The van der Waals surface area contributed by atoms with Crippen LogP contribution in [0.25, 0.3) is 11.0 Å². The van der Waals surface area contributed by atoms with E-state index in [1.807, 2.05) is 11.5 Å². The third-order valence-electron chi connectivity index (χ3n) is 5.96. The maximum atomic E-state index is 13.6. The molecule has 2 N–H and O–H groups in total. The summed E-state index contributed by atoms with van der Waals surface area (Å²) in [6.45, 7) is 7.46. The zero-order valence-corrected chi connectivity index (χ0v) is 20.6. The molecule has 1 aliphatic heterocycles. The minimum absolute atomic E-state index is 0.0272. The van der Waals surface area contributed by atoms with E-state index in [-0.39, 0.29) is 29.1 Å². The number of carbonyl (C=O) groups is 1. The number of hydrogen-bond donors (Lipinski definition) is 2. The number of anilines is 1. The van der Waals surface area contributed by atoms with Gasteiger partial charge in [-0.05, 0) is 31.5 Å². The van der Waals surface area contributed by atoms with E-state index >= 15 is 0 Å². The average molecular weight is 489 g/mol. The number of ether oxygens (including phenoxy) is 1. The molecule has 0 unspecified atom stereocenters. The molecule has 0 atom stereocenters. The van der Waals surface area contributed by atoms with Crippen LogP contribution in [0.1, 0.15) is 35.3 Å². The molecule has 0 spiro atoms. The van der Waals surface area contributed by atoms with Gasteiger partial charge in [0.1, 0.15) is 16.8 Å². The molecule has 11 nitrogen and oxygen atoms in total. The quantitative estimate of drug-likeness (QED) is 0.465. The predicted molar refractivity (Wildman–Crippen MR) is 135 cm³/mol. The summed E-state index contributed by atoms with van der Waals surface area (Å²) in [6, 6.07) is 5.22. The normalized spacial score (nSPS) is 13.1. The van der Waals surface area contributed by atoms with Crippen LogP contribution in [0.5, 0.6) is 5.75 Å². The number of nitriles is 1. The summed E-state index contributed by atoms with van der Waals surface area (Å²) < 4.78 is 8.79. The molecule has 0 aliphatic carbocycles. The SMILES string of the molecule is CC#CCn1c(N2CCNCC2)nc2cnn(Cc3cc(OCC)c(C(=O)NC)cc3C#N)c(=O)c21. The Bertz CT molecular complexity index is 1450. The van der Waals surface area contributed by atoms with Crippen LogP contribution in [0.4, 0.5) is 5.95 Å². The number of hydrogen-bond acceptors (Lipinski definition) is 8. The maximum Gasteiger partial charge on any atom is 0.293 e. The Morgan fingerprint density at radius 1 is 1.31 bits per heavy atom. The van der Waals surface area contributed by atoms with Gasteiger partial charge in [-0.1, -0.05) is 5.92 Å². The van der Waals surface area contributed by atoms with Crippen molar-refractivity contribution in [1.82, 2.24) is 30.0 Å². The van der Waals surface area contributed by atoms with Gasteiger partial charge in [0, 0.05) is 33.2 Å². The predicted octanol–water partition coefficient (Wildman–Crippen LogP) is 0.704. The maximum absolute atomic E-state index is 13.6. The first kappa shape index (κ1) is 24.8. The zero-order valence-electron chi connectivity index (χ0n) is 20.6. The van der Waals surface area contributed by atoms with Crippen LogP contribution in [0, 0.1) is 23.2 Å². The van der Waals surface area contributed by atoms with E-state index in [0.717, 1.165) is 26.2 Å². The Hall–Kier alpha value is -4.35. The lowest BCUT2D eigenvalue weighted by atomic mass is 10.0. The molecule has 186 valence electrons. The van der Waals surface area contributed by atoms with Gasteiger partial charge in [0.25, 0.3) is 11.5 Å². The number of carbonyl (C=O) groups excluding carboxylic acids is 1. The fourth-order valence-electron chi connectivity index (χ4n) is 4.21. The summed E-state index contributed by atoms with van der Waals surface area (Å²) in [7, 11) is 1.51. The van der Waals surface area contributed by atoms with Crippen molar-refractivity contribution in [3.63, 3.8) is 0 Å². The molecule has 1 amide bonds. The zero-order chi connectivity index (χ0) is 25.7. The summed E-state index contributed by atoms with van der Waals surface area (Å²) >= 11 is 0. The summed E-state index contributed by atoms with van der Waals surface area (Å²) in [5.41, 5.74) is 1.60. The lowest BCUT2D eigenvalue weighted by molar-refractivity contribution is 0.0959. The van der Waals surface area contributed by atoms with E-state index in [9.17, 15) is 14.9 Å². The molecule has 4 rings (SSSR count). The largest absolute Gasteiger partial charge is 0.493 e. The van der Waals surface area contributed by atoms with Crippen molar-refractivity contribution in [2.75, 3.05) is 44.7 Å². The van der Waals surface area contributed by atoms with Gasteiger partial charge in [-0.3, -0.25) is 14.2 Å². The highest BCUT2D eigenvalue weighted by atomic mass is 16.5. The number of nitrogens with zero attached hydrogens (tertiary/aromatic N) is 6. The van der Waals surface area contributed by atoms with Crippen LogP contribution >= 0.6 is 0 Å². The van der Waals surface area contributed by atoms with Crippen LogP contribution in [-0.4, -0.2) is 65.1 Å². The Kier molecular flexibility index (Phi) is 7.52. The highest BCUT2D eigenvalue weighted by Gasteiger charge is 2.22. The van der Waals surface area contributed by atoms with Crippen LogP contribution in [0.15, 0.2) is 23.1 Å². The molecule has 3 heterocycles. The molecule has 0 bridgehead atoms. The molecule has 0 radical (unpaired) electrons. The van der Waals surface area contributed by atoms with Gasteiger partial charge in [0.05, 0.1) is 43.1 Å². The van der Waals surface area contributed by atoms with Crippen molar-refractivity contribution in [3.05, 3.63) is 45.4 Å². The molecular formula is C25H28N8O3. The highest BCUT2D eigenvalue weighted by molar-refractivity contribution is 5.97. The van der Waals surface area contributed by atoms with Gasteiger partial charge in [-0.15, -0.1) is 5.92 Å². The lowest BCUT2D eigenvalue weighted by Gasteiger charge is -2.28. The molecule has 1 saturated heterocycles. The fraction of sp³-hybridized carbons (Fsp3) is 0.400. The van der Waals surface area contributed by atoms with Gasteiger partial charge in [0.2, 0.25) is 5.95 Å². The summed E-state index contributed by atoms with van der Waals surface area (Å²) in [4.78, 5) is 32.8. The van der Waals surface area contributed by atoms with E-state index in [1.165, 1.54) is 17.8 Å². The number of nitrogens with one attached hydrogen (secondary N) is 2.